The van der Waals surface area contributed by atoms with E-state index in [9.17, 15) is 18.9 Å². The van der Waals surface area contributed by atoms with Crippen LogP contribution in [-0.2, 0) is 24.9 Å². The van der Waals surface area contributed by atoms with E-state index in [-0.39, 0.29) is 19.6 Å². The van der Waals surface area contributed by atoms with Crippen LogP contribution in [-0.4, -0.2) is 33.3 Å². The van der Waals surface area contributed by atoms with Crippen molar-refractivity contribution in [3.8, 4) is 0 Å². The molecule has 0 spiro atoms. The van der Waals surface area contributed by atoms with Gasteiger partial charge in [-0.25, -0.2) is 0 Å². The van der Waals surface area contributed by atoms with E-state index in [4.69, 9.17) is 18.3 Å². The van der Waals surface area contributed by atoms with Gasteiger partial charge in [0, 0.05) is 0 Å². The Morgan fingerprint density at radius 2 is 2.00 bits per heavy atom. The van der Waals surface area contributed by atoms with Gasteiger partial charge in [-0.2, -0.15) is 0 Å². The fourth-order valence-corrected chi connectivity index (χ4v) is 5.21. The van der Waals surface area contributed by atoms with E-state index < -0.39 is 43.7 Å². The molecule has 29 heavy (non-hydrogen) atoms. The number of halogens is 1. The Morgan fingerprint density at radius 3 is 2.72 bits per heavy atom. The van der Waals surface area contributed by atoms with Crippen molar-refractivity contribution in [3.05, 3.63) is 67.7 Å². The van der Waals surface area contributed by atoms with E-state index in [2.05, 4.69) is 0 Å². The van der Waals surface area contributed by atoms with Crippen molar-refractivity contribution in [2.75, 3.05) is 6.61 Å². The Kier molecular flexibility index (Phi) is 5.41. The molecular formula is C18H22FN2O7P. The Balaban J connectivity index is 1.44. The number of ether oxygens (including phenoxy) is 1. The molecular weight excluding hydrogens is 406 g/mol. The summed E-state index contributed by atoms with van der Waals surface area (Å²) in [5.74, 6) is -1.09. The molecule has 158 valence electrons. The molecule has 4 rings (SSSR count). The van der Waals surface area contributed by atoms with Crippen LogP contribution in [0, 0.1) is 19.7 Å². The first kappa shape index (κ1) is 20.3. The van der Waals surface area contributed by atoms with Gasteiger partial charge in [0.15, 0.2) is 0 Å². The van der Waals surface area contributed by atoms with Crippen molar-refractivity contribution in [2.24, 2.45) is 0 Å². The topological polar surface area (TPSA) is 112 Å². The molecule has 1 aromatic heterocycles. The van der Waals surface area contributed by atoms with E-state index in [0.29, 0.717) is 0 Å². The number of hydrogen-bond donors (Lipinski definition) is 2. The Labute approximate surface area is 165 Å². The third-order valence-electron chi connectivity index (χ3n) is 4.85. The third-order valence-corrected chi connectivity index (χ3v) is 6.49. The summed E-state index contributed by atoms with van der Waals surface area (Å²) in [7, 11) is -3.90. The fraction of sp³-hybridized carbons (Fsp3) is 0.444. The summed E-state index contributed by atoms with van der Waals surface area (Å²) in [4.78, 5) is 35.7. The molecule has 2 fully saturated rings. The molecule has 3 heterocycles. The molecule has 0 aliphatic carbocycles. The van der Waals surface area contributed by atoms with Gasteiger partial charge in [0.1, 0.15) is 0 Å². The summed E-state index contributed by atoms with van der Waals surface area (Å²) in [5, 5.41) is 0. The molecule has 11 heteroatoms. The molecule has 2 N–H and O–H groups in total. The van der Waals surface area contributed by atoms with Gasteiger partial charge in [0.25, 0.3) is 0 Å². The standard InChI is InChI=1S/C18H22FN2O7P/c1-10-3-11(2)5-12(4-10)8-25-29(24)26-9-15-14(28-29)6-16(27-15)21-7-13(19)17(22)20-18(21)23/h3-5,7,14-16,24,29H,6,8-9H2,1-2H3,(H,20,22,23)/t14-,15+,16+/m0/s1. The second kappa shape index (κ2) is 7.71. The normalized spacial score (nSPS) is 26.8. The van der Waals surface area contributed by atoms with Crippen molar-refractivity contribution in [1.82, 2.24) is 9.55 Å². The van der Waals surface area contributed by atoms with Crippen LogP contribution in [0.15, 0.2) is 34.0 Å². The molecule has 0 amide bonds. The Morgan fingerprint density at radius 1 is 1.28 bits per heavy atom. The van der Waals surface area contributed by atoms with Gasteiger partial charge in [-0.1, -0.05) is 0 Å². The number of benzene rings is 1. The molecule has 2 aromatic rings. The van der Waals surface area contributed by atoms with Gasteiger partial charge in [-0.05, 0) is 0 Å². The summed E-state index contributed by atoms with van der Waals surface area (Å²) in [6.45, 7) is 4.08. The third kappa shape index (κ3) is 4.32. The first-order valence-electron chi connectivity index (χ1n) is 9.14. The molecule has 3 atom stereocenters. The van der Waals surface area contributed by atoms with Crippen molar-refractivity contribution in [2.45, 2.75) is 45.3 Å². The maximum absolute atomic E-state index is 13.6. The van der Waals surface area contributed by atoms with E-state index >= 15 is 0 Å². The van der Waals surface area contributed by atoms with Gasteiger partial charge < -0.3 is 0 Å². The molecule has 2 aliphatic heterocycles. The van der Waals surface area contributed by atoms with Crippen molar-refractivity contribution < 1.29 is 27.6 Å². The molecule has 9 nitrogen and oxygen atoms in total. The molecule has 1 aromatic carbocycles. The maximum atomic E-state index is 13.6. The van der Waals surface area contributed by atoms with Gasteiger partial charge in [0.2, 0.25) is 0 Å². The van der Waals surface area contributed by atoms with Gasteiger partial charge >= 0.3 is 165 Å². The minimum atomic E-state index is -3.90. The second-order valence-corrected chi connectivity index (χ2v) is 9.15. The molecule has 0 radical (unpaired) electrons. The number of rotatable bonds is 4. The van der Waals surface area contributed by atoms with E-state index in [1.807, 2.05) is 37.0 Å². The first-order chi connectivity index (χ1) is 13.7. The predicted octanol–water partition coefficient (Wildman–Crippen LogP) is 1.61. The van der Waals surface area contributed by atoms with Gasteiger partial charge in [0.05, 0.1) is 0 Å². The predicted molar refractivity (Wildman–Crippen MR) is 102 cm³/mol. The van der Waals surface area contributed by atoms with E-state index in [1.165, 1.54) is 0 Å². The SMILES string of the molecule is Cc1cc(C)cc(CO[PH]2(O)OC[C@H]3O[C@@H](n4cc(F)c(=O)[nH]c4=O)C[C@@H]3O2)c1. The summed E-state index contributed by atoms with van der Waals surface area (Å²) in [6.07, 6.45) is -1.04. The number of fused-ring (bicyclic) bond motifs is 1. The number of aryl methyl sites for hydroxylation is 2. The molecule has 0 bridgehead atoms. The first-order valence-corrected chi connectivity index (χ1v) is 10.8. The molecule has 0 saturated carbocycles. The van der Waals surface area contributed by atoms with Crippen LogP contribution in [0.25, 0.3) is 0 Å². The average molecular weight is 428 g/mol. The van der Waals surface area contributed by atoms with Crippen LogP contribution >= 0.6 is 8.17 Å². The zero-order chi connectivity index (χ0) is 20.8. The molecule has 2 aliphatic rings. The minimum absolute atomic E-state index is 0.0112. The van der Waals surface area contributed by atoms with Gasteiger partial charge in [-0.3, -0.25) is 0 Å². The van der Waals surface area contributed by atoms with Crippen molar-refractivity contribution in [1.29, 1.82) is 0 Å². The quantitative estimate of drug-likeness (QED) is 0.712. The van der Waals surface area contributed by atoms with Crippen molar-refractivity contribution >= 4 is 8.17 Å². The van der Waals surface area contributed by atoms with Crippen LogP contribution < -0.4 is 11.2 Å². The van der Waals surface area contributed by atoms with Crippen LogP contribution in [0.5, 0.6) is 0 Å². The monoisotopic (exact) mass is 428 g/mol. The van der Waals surface area contributed by atoms with E-state index in [0.717, 1.165) is 27.5 Å². The zero-order valence-electron chi connectivity index (χ0n) is 15.9. The summed E-state index contributed by atoms with van der Waals surface area (Å²) < 4.78 is 36.9. The van der Waals surface area contributed by atoms with Crippen LogP contribution in [0.3, 0.4) is 0 Å². The van der Waals surface area contributed by atoms with E-state index in [1.54, 1.807) is 0 Å². The molecule has 2 saturated heterocycles. The van der Waals surface area contributed by atoms with Gasteiger partial charge in [-0.15, -0.1) is 0 Å². The number of aromatic amines is 1. The Hall–Kier alpha value is -1.94. The number of nitrogens with one attached hydrogen (secondary N) is 1. The summed E-state index contributed by atoms with van der Waals surface area (Å²) in [6, 6.07) is 5.93. The Bertz CT molecular complexity index is 1020. The summed E-state index contributed by atoms with van der Waals surface area (Å²) >= 11 is 0. The average Bonchev–Trinajstić information content (AvgIpc) is 3.05. The number of aromatic nitrogens is 2. The number of H-pyrrole nitrogens is 1. The zero-order valence-corrected chi connectivity index (χ0v) is 16.9. The van der Waals surface area contributed by atoms with Crippen LogP contribution in [0.2, 0.25) is 0 Å². The fourth-order valence-electron chi connectivity index (χ4n) is 3.64. The summed E-state index contributed by atoms with van der Waals surface area (Å²) in [5.41, 5.74) is 1.15. The second-order valence-electron chi connectivity index (χ2n) is 7.28. The number of nitrogens with zero attached hydrogens (tertiary/aromatic N) is 1. The van der Waals surface area contributed by atoms with Crippen molar-refractivity contribution in [3.63, 3.8) is 0 Å². The number of hydrogen-bond acceptors (Lipinski definition) is 7. The van der Waals surface area contributed by atoms with Crippen LogP contribution in [0.1, 0.15) is 29.3 Å². The van der Waals surface area contributed by atoms with Crippen LogP contribution in [0.4, 0.5) is 4.39 Å². The molecule has 0 unspecified atom stereocenters.